The standard InChI is InChI=1S/C14H25N3O/c1-6-17(7-2)14(4,5)12(18)11-10(3)8-9-16-13(11)15/h8-9,12,18H,6-7H2,1-5H3,(H2,15,16). The van der Waals surface area contributed by atoms with Crippen LogP contribution >= 0.6 is 0 Å². The number of pyridine rings is 1. The van der Waals surface area contributed by atoms with Gasteiger partial charge in [-0.15, -0.1) is 0 Å². The number of nitrogens with two attached hydrogens (primary N) is 1. The molecule has 1 rings (SSSR count). The Balaban J connectivity index is 3.16. The molecule has 0 bridgehead atoms. The van der Waals surface area contributed by atoms with Gasteiger partial charge in [-0.1, -0.05) is 13.8 Å². The van der Waals surface area contributed by atoms with Crippen molar-refractivity contribution in [1.29, 1.82) is 0 Å². The van der Waals surface area contributed by atoms with Crippen LogP contribution in [0.15, 0.2) is 12.3 Å². The predicted molar refractivity (Wildman–Crippen MR) is 75.3 cm³/mol. The van der Waals surface area contributed by atoms with E-state index in [4.69, 9.17) is 5.73 Å². The van der Waals surface area contributed by atoms with Gasteiger partial charge in [-0.25, -0.2) is 4.98 Å². The van der Waals surface area contributed by atoms with Gasteiger partial charge < -0.3 is 10.8 Å². The van der Waals surface area contributed by atoms with Gasteiger partial charge in [0.2, 0.25) is 0 Å². The van der Waals surface area contributed by atoms with Gasteiger partial charge in [0.25, 0.3) is 0 Å². The largest absolute Gasteiger partial charge is 0.386 e. The molecule has 1 heterocycles. The van der Waals surface area contributed by atoms with Crippen LogP contribution in [-0.4, -0.2) is 33.6 Å². The fraction of sp³-hybridized carbons (Fsp3) is 0.643. The lowest BCUT2D eigenvalue weighted by atomic mass is 9.87. The summed E-state index contributed by atoms with van der Waals surface area (Å²) >= 11 is 0. The molecule has 0 radical (unpaired) electrons. The van der Waals surface area contributed by atoms with E-state index in [1.54, 1.807) is 6.20 Å². The number of aliphatic hydroxyl groups is 1. The van der Waals surface area contributed by atoms with E-state index >= 15 is 0 Å². The fourth-order valence-electron chi connectivity index (χ4n) is 2.51. The van der Waals surface area contributed by atoms with Crippen molar-refractivity contribution in [2.45, 2.75) is 46.3 Å². The molecule has 0 aliphatic heterocycles. The summed E-state index contributed by atoms with van der Waals surface area (Å²) in [6, 6.07) is 1.88. The number of nitrogen functional groups attached to an aromatic ring is 1. The summed E-state index contributed by atoms with van der Waals surface area (Å²) < 4.78 is 0. The summed E-state index contributed by atoms with van der Waals surface area (Å²) in [5.74, 6) is 0.419. The highest BCUT2D eigenvalue weighted by molar-refractivity contribution is 5.46. The number of likely N-dealkylation sites (N-methyl/N-ethyl adjacent to an activating group) is 1. The van der Waals surface area contributed by atoms with Gasteiger partial charge in [-0.3, -0.25) is 4.90 Å². The van der Waals surface area contributed by atoms with Gasteiger partial charge in [-0.05, 0) is 45.5 Å². The van der Waals surface area contributed by atoms with Crippen molar-refractivity contribution in [3.8, 4) is 0 Å². The molecule has 0 fully saturated rings. The van der Waals surface area contributed by atoms with E-state index in [1.165, 1.54) is 0 Å². The van der Waals surface area contributed by atoms with Crippen LogP contribution < -0.4 is 5.73 Å². The van der Waals surface area contributed by atoms with Gasteiger partial charge in [0.1, 0.15) is 11.9 Å². The fourth-order valence-corrected chi connectivity index (χ4v) is 2.51. The summed E-state index contributed by atoms with van der Waals surface area (Å²) in [5, 5.41) is 10.7. The van der Waals surface area contributed by atoms with Crippen molar-refractivity contribution in [2.24, 2.45) is 0 Å². The molecule has 0 saturated heterocycles. The van der Waals surface area contributed by atoms with Gasteiger partial charge in [0.05, 0.1) is 0 Å². The Labute approximate surface area is 110 Å². The van der Waals surface area contributed by atoms with E-state index in [0.29, 0.717) is 5.82 Å². The minimum Gasteiger partial charge on any atom is -0.386 e. The Morgan fingerprint density at radius 2 is 1.94 bits per heavy atom. The maximum atomic E-state index is 10.7. The van der Waals surface area contributed by atoms with E-state index in [9.17, 15) is 5.11 Å². The smallest absolute Gasteiger partial charge is 0.129 e. The zero-order valence-corrected chi connectivity index (χ0v) is 12.1. The molecule has 18 heavy (non-hydrogen) atoms. The third-order valence-corrected chi connectivity index (χ3v) is 3.76. The Morgan fingerprint density at radius 3 is 2.39 bits per heavy atom. The second-order valence-corrected chi connectivity index (χ2v) is 5.16. The second kappa shape index (κ2) is 5.67. The van der Waals surface area contributed by atoms with Crippen LogP contribution in [-0.2, 0) is 0 Å². The van der Waals surface area contributed by atoms with Gasteiger partial charge >= 0.3 is 0 Å². The highest BCUT2D eigenvalue weighted by Crippen LogP contribution is 2.34. The Kier molecular flexibility index (Phi) is 4.71. The molecule has 4 nitrogen and oxygen atoms in total. The number of hydrogen-bond acceptors (Lipinski definition) is 4. The van der Waals surface area contributed by atoms with Gasteiger partial charge in [0.15, 0.2) is 0 Å². The monoisotopic (exact) mass is 251 g/mol. The van der Waals surface area contributed by atoms with Crippen molar-refractivity contribution in [1.82, 2.24) is 9.88 Å². The number of aliphatic hydroxyl groups excluding tert-OH is 1. The first kappa shape index (κ1) is 14.9. The summed E-state index contributed by atoms with van der Waals surface area (Å²) in [4.78, 5) is 6.31. The van der Waals surface area contributed by atoms with Crippen molar-refractivity contribution >= 4 is 5.82 Å². The lowest BCUT2D eigenvalue weighted by Crippen LogP contribution is -2.48. The average molecular weight is 251 g/mol. The molecule has 1 unspecified atom stereocenters. The highest BCUT2D eigenvalue weighted by Gasteiger charge is 2.35. The minimum absolute atomic E-state index is 0.370. The number of anilines is 1. The predicted octanol–water partition coefficient (Wildman–Crippen LogP) is 2.13. The average Bonchev–Trinajstić information content (AvgIpc) is 2.29. The SMILES string of the molecule is CCN(CC)C(C)(C)C(O)c1c(C)ccnc1N. The van der Waals surface area contributed by atoms with E-state index in [-0.39, 0.29) is 5.54 Å². The molecule has 1 aromatic rings. The number of hydrogen-bond donors (Lipinski definition) is 2. The summed E-state index contributed by atoms with van der Waals surface area (Å²) in [7, 11) is 0. The third-order valence-electron chi connectivity index (χ3n) is 3.76. The van der Waals surface area contributed by atoms with E-state index in [0.717, 1.165) is 24.2 Å². The van der Waals surface area contributed by atoms with Crippen LogP contribution in [0.1, 0.15) is 44.9 Å². The molecule has 0 spiro atoms. The first-order valence-electron chi connectivity index (χ1n) is 6.50. The third kappa shape index (κ3) is 2.65. The van der Waals surface area contributed by atoms with Crippen molar-refractivity contribution in [3.63, 3.8) is 0 Å². The lowest BCUT2D eigenvalue weighted by Gasteiger charge is -2.41. The zero-order valence-electron chi connectivity index (χ0n) is 12.1. The molecular formula is C14H25N3O. The van der Waals surface area contributed by atoms with Crippen molar-refractivity contribution < 1.29 is 5.11 Å². The molecule has 0 aromatic carbocycles. The molecule has 0 saturated carbocycles. The normalized spacial score (nSPS) is 13.9. The maximum Gasteiger partial charge on any atom is 0.129 e. The molecule has 1 atom stereocenters. The number of rotatable bonds is 5. The minimum atomic E-state index is -0.647. The maximum absolute atomic E-state index is 10.7. The molecule has 1 aromatic heterocycles. The number of nitrogens with zero attached hydrogens (tertiary/aromatic N) is 2. The van der Waals surface area contributed by atoms with Crippen molar-refractivity contribution in [3.05, 3.63) is 23.4 Å². The van der Waals surface area contributed by atoms with Crippen LogP contribution in [0.4, 0.5) is 5.82 Å². The van der Waals surface area contributed by atoms with Gasteiger partial charge in [0, 0.05) is 17.3 Å². The first-order chi connectivity index (χ1) is 8.36. The van der Waals surface area contributed by atoms with E-state index in [2.05, 4.69) is 23.7 Å². The lowest BCUT2D eigenvalue weighted by molar-refractivity contribution is -0.00633. The van der Waals surface area contributed by atoms with Crippen LogP contribution in [0.2, 0.25) is 0 Å². The van der Waals surface area contributed by atoms with Gasteiger partial charge in [-0.2, -0.15) is 0 Å². The van der Waals surface area contributed by atoms with E-state index < -0.39 is 6.10 Å². The Hall–Kier alpha value is -1.13. The van der Waals surface area contributed by atoms with E-state index in [1.807, 2.05) is 26.8 Å². The highest BCUT2D eigenvalue weighted by atomic mass is 16.3. The molecular weight excluding hydrogens is 226 g/mol. The molecule has 102 valence electrons. The summed E-state index contributed by atoms with van der Waals surface area (Å²) in [6.45, 7) is 12.0. The van der Waals surface area contributed by atoms with Crippen LogP contribution in [0, 0.1) is 6.92 Å². The second-order valence-electron chi connectivity index (χ2n) is 5.16. The quantitative estimate of drug-likeness (QED) is 0.841. The van der Waals surface area contributed by atoms with Crippen LogP contribution in [0.25, 0.3) is 0 Å². The van der Waals surface area contributed by atoms with Crippen molar-refractivity contribution in [2.75, 3.05) is 18.8 Å². The molecule has 0 aliphatic carbocycles. The zero-order chi connectivity index (χ0) is 13.9. The topological polar surface area (TPSA) is 62.4 Å². The molecule has 3 N–H and O–H groups in total. The van der Waals surface area contributed by atoms with Crippen LogP contribution in [0.5, 0.6) is 0 Å². The number of aromatic nitrogens is 1. The van der Waals surface area contributed by atoms with Crippen LogP contribution in [0.3, 0.4) is 0 Å². The molecule has 4 heteroatoms. The number of aryl methyl sites for hydroxylation is 1. The summed E-state index contributed by atoms with van der Waals surface area (Å²) in [5.41, 5.74) is 7.27. The Morgan fingerprint density at radius 1 is 1.39 bits per heavy atom. The summed E-state index contributed by atoms with van der Waals surface area (Å²) in [6.07, 6.45) is 1.02. The Bertz CT molecular complexity index is 380. The molecule has 0 amide bonds. The molecule has 0 aliphatic rings. The first-order valence-corrected chi connectivity index (χ1v) is 6.50.